The number of benzene rings is 2. The Morgan fingerprint density at radius 2 is 1.55 bits per heavy atom. The molecule has 2 saturated heterocycles. The molecule has 0 aliphatic carbocycles. The van der Waals surface area contributed by atoms with Gasteiger partial charge >= 0.3 is 0 Å². The first kappa shape index (κ1) is 21.2. The summed E-state index contributed by atoms with van der Waals surface area (Å²) in [6.45, 7) is 3.88. The predicted octanol–water partition coefficient (Wildman–Crippen LogP) is 4.25. The molecule has 0 unspecified atom stereocenters. The van der Waals surface area contributed by atoms with Gasteiger partial charge in [0.2, 0.25) is 5.91 Å². The van der Waals surface area contributed by atoms with Crippen LogP contribution >= 0.6 is 0 Å². The lowest BCUT2D eigenvalue weighted by Gasteiger charge is -2.31. The van der Waals surface area contributed by atoms with Gasteiger partial charge in [-0.2, -0.15) is 0 Å². The normalized spacial score (nSPS) is 17.3. The Kier molecular flexibility index (Phi) is 7.03. The van der Waals surface area contributed by atoms with Crippen LogP contribution in [-0.2, 0) is 4.79 Å². The molecule has 4 rings (SSSR count). The number of ether oxygens (including phenoxy) is 1. The molecule has 0 radical (unpaired) electrons. The Bertz CT molecular complexity index is 894. The van der Waals surface area contributed by atoms with Gasteiger partial charge in [0.1, 0.15) is 5.75 Å². The maximum Gasteiger partial charge on any atom is 0.253 e. The van der Waals surface area contributed by atoms with Gasteiger partial charge < -0.3 is 14.5 Å². The van der Waals surface area contributed by atoms with Crippen molar-refractivity contribution in [1.82, 2.24) is 9.80 Å². The predicted molar refractivity (Wildman–Crippen MR) is 122 cm³/mol. The molecule has 162 valence electrons. The Labute approximate surface area is 184 Å². The minimum atomic E-state index is 0.0708. The fourth-order valence-corrected chi connectivity index (χ4v) is 4.17. The Hall–Kier alpha value is -3.08. The molecule has 0 spiro atoms. The highest BCUT2D eigenvalue weighted by molar-refractivity contribution is 5.94. The quantitative estimate of drug-likeness (QED) is 0.659. The third-order valence-electron chi connectivity index (χ3n) is 6.12. The molecule has 2 heterocycles. The zero-order valence-corrected chi connectivity index (χ0v) is 17.9. The minimum absolute atomic E-state index is 0.0708. The molecule has 31 heavy (non-hydrogen) atoms. The van der Waals surface area contributed by atoms with Gasteiger partial charge in [-0.3, -0.25) is 9.59 Å². The van der Waals surface area contributed by atoms with E-state index in [0.29, 0.717) is 12.5 Å². The van der Waals surface area contributed by atoms with Gasteiger partial charge in [0.05, 0.1) is 6.61 Å². The monoisotopic (exact) mass is 418 g/mol. The SMILES string of the molecule is O=C(/C=C/c1ccccc1)N1CCC(COc2ccc(C(=O)N3CCCC3)cc2)CC1. The Morgan fingerprint density at radius 1 is 0.871 bits per heavy atom. The first-order valence-corrected chi connectivity index (χ1v) is 11.2. The lowest BCUT2D eigenvalue weighted by molar-refractivity contribution is -0.127. The zero-order valence-electron chi connectivity index (χ0n) is 17.9. The van der Waals surface area contributed by atoms with Crippen LogP contribution in [0.4, 0.5) is 0 Å². The molecule has 0 N–H and O–H groups in total. The number of hydrogen-bond donors (Lipinski definition) is 0. The van der Waals surface area contributed by atoms with E-state index in [1.807, 2.05) is 70.5 Å². The van der Waals surface area contributed by atoms with Crippen LogP contribution < -0.4 is 4.74 Å². The number of hydrogen-bond acceptors (Lipinski definition) is 3. The van der Waals surface area contributed by atoms with Crippen molar-refractivity contribution in [3.63, 3.8) is 0 Å². The van der Waals surface area contributed by atoms with Crippen LogP contribution in [0.25, 0.3) is 6.08 Å². The number of rotatable bonds is 6. The van der Waals surface area contributed by atoms with E-state index in [1.165, 1.54) is 0 Å². The van der Waals surface area contributed by atoms with Crippen molar-refractivity contribution < 1.29 is 14.3 Å². The highest BCUT2D eigenvalue weighted by Gasteiger charge is 2.22. The van der Waals surface area contributed by atoms with E-state index >= 15 is 0 Å². The van der Waals surface area contributed by atoms with Gasteiger partial charge in [-0.05, 0) is 67.5 Å². The molecule has 0 atom stereocenters. The van der Waals surface area contributed by atoms with Crippen molar-refractivity contribution in [3.8, 4) is 5.75 Å². The van der Waals surface area contributed by atoms with Gasteiger partial charge in [0, 0.05) is 37.8 Å². The van der Waals surface area contributed by atoms with Gasteiger partial charge in [-0.15, -0.1) is 0 Å². The van der Waals surface area contributed by atoms with Crippen molar-refractivity contribution in [3.05, 3.63) is 71.8 Å². The van der Waals surface area contributed by atoms with E-state index in [9.17, 15) is 9.59 Å². The van der Waals surface area contributed by atoms with Crippen molar-refractivity contribution in [2.75, 3.05) is 32.8 Å². The summed E-state index contributed by atoms with van der Waals surface area (Å²) in [7, 11) is 0. The summed E-state index contributed by atoms with van der Waals surface area (Å²) in [6.07, 6.45) is 7.61. The molecule has 2 aromatic carbocycles. The van der Waals surface area contributed by atoms with E-state index in [0.717, 1.165) is 68.7 Å². The van der Waals surface area contributed by atoms with E-state index in [1.54, 1.807) is 6.08 Å². The average Bonchev–Trinajstić information content (AvgIpc) is 3.37. The summed E-state index contributed by atoms with van der Waals surface area (Å²) in [5.41, 5.74) is 1.76. The standard InChI is InChI=1S/C26H30N2O3/c29-25(13-8-21-6-2-1-3-7-21)27-18-14-22(15-19-27)20-31-24-11-9-23(10-12-24)26(30)28-16-4-5-17-28/h1-3,6-13,22H,4-5,14-20H2/b13-8+. The number of carbonyl (C=O) groups is 2. The summed E-state index contributed by atoms with van der Waals surface area (Å²) >= 11 is 0. The molecule has 2 aromatic rings. The van der Waals surface area contributed by atoms with Crippen LogP contribution in [-0.4, -0.2) is 54.4 Å². The molecule has 5 heteroatoms. The zero-order chi connectivity index (χ0) is 21.5. The van der Waals surface area contributed by atoms with Crippen LogP contribution in [0.2, 0.25) is 0 Å². The van der Waals surface area contributed by atoms with E-state index < -0.39 is 0 Å². The fraction of sp³-hybridized carbons (Fsp3) is 0.385. The number of amides is 2. The summed E-state index contributed by atoms with van der Waals surface area (Å²) in [5, 5.41) is 0. The second kappa shape index (κ2) is 10.3. The van der Waals surface area contributed by atoms with Crippen LogP contribution in [0.3, 0.4) is 0 Å². The topological polar surface area (TPSA) is 49.9 Å². The third-order valence-corrected chi connectivity index (χ3v) is 6.12. The summed E-state index contributed by atoms with van der Waals surface area (Å²) in [4.78, 5) is 28.7. The molecule has 2 amide bonds. The van der Waals surface area contributed by atoms with Crippen molar-refractivity contribution in [2.24, 2.45) is 5.92 Å². The van der Waals surface area contributed by atoms with Crippen molar-refractivity contribution >= 4 is 17.9 Å². The van der Waals surface area contributed by atoms with Gasteiger partial charge in [-0.1, -0.05) is 30.3 Å². The first-order chi connectivity index (χ1) is 15.2. The highest BCUT2D eigenvalue weighted by Crippen LogP contribution is 2.21. The van der Waals surface area contributed by atoms with Crippen LogP contribution in [0.1, 0.15) is 41.6 Å². The maximum absolute atomic E-state index is 12.4. The summed E-state index contributed by atoms with van der Waals surface area (Å²) < 4.78 is 5.96. The van der Waals surface area contributed by atoms with Crippen molar-refractivity contribution in [1.29, 1.82) is 0 Å². The molecule has 2 aliphatic rings. The average molecular weight is 419 g/mol. The Balaban J connectivity index is 1.20. The van der Waals surface area contributed by atoms with Gasteiger partial charge in [0.25, 0.3) is 5.91 Å². The maximum atomic E-state index is 12.4. The number of nitrogens with zero attached hydrogens (tertiary/aromatic N) is 2. The molecular weight excluding hydrogens is 388 g/mol. The number of piperidine rings is 1. The molecule has 2 aliphatic heterocycles. The highest BCUT2D eigenvalue weighted by atomic mass is 16.5. The molecule has 2 fully saturated rings. The van der Waals surface area contributed by atoms with Crippen LogP contribution in [0, 0.1) is 5.92 Å². The first-order valence-electron chi connectivity index (χ1n) is 11.2. The fourth-order valence-electron chi connectivity index (χ4n) is 4.17. The van der Waals surface area contributed by atoms with E-state index in [4.69, 9.17) is 4.74 Å². The van der Waals surface area contributed by atoms with Gasteiger partial charge in [0.15, 0.2) is 0 Å². The second-order valence-corrected chi connectivity index (χ2v) is 8.35. The summed E-state index contributed by atoms with van der Waals surface area (Å²) in [5.74, 6) is 1.42. The van der Waals surface area contributed by atoms with Crippen molar-refractivity contribution in [2.45, 2.75) is 25.7 Å². The Morgan fingerprint density at radius 3 is 2.23 bits per heavy atom. The number of likely N-dealkylation sites (tertiary alicyclic amines) is 2. The smallest absolute Gasteiger partial charge is 0.253 e. The lowest BCUT2D eigenvalue weighted by atomic mass is 9.97. The number of carbonyl (C=O) groups excluding carboxylic acids is 2. The second-order valence-electron chi connectivity index (χ2n) is 8.35. The van der Waals surface area contributed by atoms with E-state index in [-0.39, 0.29) is 11.8 Å². The third kappa shape index (κ3) is 5.75. The molecule has 0 saturated carbocycles. The molecule has 5 nitrogen and oxygen atoms in total. The van der Waals surface area contributed by atoms with Crippen LogP contribution in [0.15, 0.2) is 60.7 Å². The lowest BCUT2D eigenvalue weighted by Crippen LogP contribution is -2.38. The van der Waals surface area contributed by atoms with Gasteiger partial charge in [-0.25, -0.2) is 0 Å². The molecule has 0 bridgehead atoms. The largest absolute Gasteiger partial charge is 0.493 e. The van der Waals surface area contributed by atoms with E-state index in [2.05, 4.69) is 0 Å². The molecule has 0 aromatic heterocycles. The van der Waals surface area contributed by atoms with Crippen LogP contribution in [0.5, 0.6) is 5.75 Å². The summed E-state index contributed by atoms with van der Waals surface area (Å²) in [6, 6.07) is 17.4. The molecular formula is C26H30N2O3. The minimum Gasteiger partial charge on any atom is -0.493 e.